The third-order valence-electron chi connectivity index (χ3n) is 3.56. The Morgan fingerprint density at radius 1 is 1.30 bits per heavy atom. The van der Waals surface area contributed by atoms with Gasteiger partial charge in [-0.3, -0.25) is 9.59 Å². The summed E-state index contributed by atoms with van der Waals surface area (Å²) in [6.07, 6.45) is 1.82. The van der Waals surface area contributed by atoms with Crippen molar-refractivity contribution in [3.63, 3.8) is 0 Å². The fourth-order valence-corrected chi connectivity index (χ4v) is 2.34. The van der Waals surface area contributed by atoms with Crippen LogP contribution in [0.25, 0.3) is 11.0 Å². The Bertz CT molecular complexity index is 890. The van der Waals surface area contributed by atoms with Crippen LogP contribution in [0.4, 0.5) is 0 Å². The molecule has 1 amide bonds. The van der Waals surface area contributed by atoms with Crippen molar-refractivity contribution in [1.82, 2.24) is 25.1 Å². The average molecular weight is 311 g/mol. The fourth-order valence-electron chi connectivity index (χ4n) is 2.34. The summed E-state index contributed by atoms with van der Waals surface area (Å²) in [6.45, 7) is 4.57. The molecule has 3 rings (SSSR count). The van der Waals surface area contributed by atoms with Crippen LogP contribution in [0.15, 0.2) is 41.5 Å². The number of carbonyl (C=O) groups is 1. The zero-order valence-electron chi connectivity index (χ0n) is 12.9. The van der Waals surface area contributed by atoms with E-state index in [0.717, 1.165) is 16.6 Å². The van der Waals surface area contributed by atoms with Crippen molar-refractivity contribution in [2.24, 2.45) is 0 Å². The highest BCUT2D eigenvalue weighted by molar-refractivity contribution is 5.92. The van der Waals surface area contributed by atoms with E-state index >= 15 is 0 Å². The molecular weight excluding hydrogens is 294 g/mol. The topological polar surface area (TPSA) is 92.7 Å². The first kappa shape index (κ1) is 15.0. The number of fused-ring (bicyclic) bond motifs is 1. The molecule has 0 saturated carbocycles. The van der Waals surface area contributed by atoms with Gasteiger partial charge in [0.2, 0.25) is 0 Å². The number of aromatic amines is 1. The monoisotopic (exact) mass is 311 g/mol. The van der Waals surface area contributed by atoms with Gasteiger partial charge in [0.15, 0.2) is 0 Å². The molecule has 0 spiro atoms. The minimum Gasteiger partial charge on any atom is -0.347 e. The molecule has 0 saturated heterocycles. The number of imidazole rings is 1. The maximum absolute atomic E-state index is 12.0. The third kappa shape index (κ3) is 3.13. The molecule has 0 unspecified atom stereocenters. The Morgan fingerprint density at radius 3 is 2.83 bits per heavy atom. The average Bonchev–Trinajstić information content (AvgIpc) is 2.96. The Hall–Kier alpha value is -2.96. The molecule has 2 aromatic heterocycles. The molecule has 0 radical (unpaired) electrons. The van der Waals surface area contributed by atoms with Crippen molar-refractivity contribution in [2.45, 2.75) is 26.4 Å². The zero-order chi connectivity index (χ0) is 16.4. The maximum atomic E-state index is 12.0. The molecule has 7 heteroatoms. The Kier molecular flexibility index (Phi) is 3.92. The van der Waals surface area contributed by atoms with Crippen LogP contribution in [0.5, 0.6) is 0 Å². The summed E-state index contributed by atoms with van der Waals surface area (Å²) >= 11 is 0. The SMILES string of the molecule is CC(C)n1cnc2cc(CNC(=O)c3ccc(=O)[nH]n3)ccc21. The van der Waals surface area contributed by atoms with Crippen LogP contribution in [-0.2, 0) is 6.54 Å². The Morgan fingerprint density at radius 2 is 2.13 bits per heavy atom. The zero-order valence-corrected chi connectivity index (χ0v) is 12.9. The van der Waals surface area contributed by atoms with E-state index in [0.29, 0.717) is 12.6 Å². The molecule has 23 heavy (non-hydrogen) atoms. The van der Waals surface area contributed by atoms with Crippen molar-refractivity contribution in [1.29, 1.82) is 0 Å². The number of rotatable bonds is 4. The van der Waals surface area contributed by atoms with E-state index in [1.807, 2.05) is 24.5 Å². The van der Waals surface area contributed by atoms with Gasteiger partial charge >= 0.3 is 0 Å². The van der Waals surface area contributed by atoms with Gasteiger partial charge in [-0.15, -0.1) is 0 Å². The minimum absolute atomic E-state index is 0.176. The lowest BCUT2D eigenvalue weighted by molar-refractivity contribution is 0.0945. The highest BCUT2D eigenvalue weighted by Gasteiger charge is 2.09. The second-order valence-corrected chi connectivity index (χ2v) is 5.56. The van der Waals surface area contributed by atoms with E-state index < -0.39 is 0 Å². The van der Waals surface area contributed by atoms with Gasteiger partial charge in [0, 0.05) is 18.7 Å². The van der Waals surface area contributed by atoms with Gasteiger partial charge in [0.05, 0.1) is 17.4 Å². The van der Waals surface area contributed by atoms with Gasteiger partial charge < -0.3 is 9.88 Å². The fraction of sp³-hybridized carbons (Fsp3) is 0.250. The molecule has 1 aromatic carbocycles. The van der Waals surface area contributed by atoms with E-state index in [1.54, 1.807) is 0 Å². The number of carbonyl (C=O) groups excluding carboxylic acids is 1. The van der Waals surface area contributed by atoms with Crippen LogP contribution in [0.1, 0.15) is 35.9 Å². The van der Waals surface area contributed by atoms with E-state index in [9.17, 15) is 9.59 Å². The molecule has 2 N–H and O–H groups in total. The number of hydrogen-bond acceptors (Lipinski definition) is 4. The van der Waals surface area contributed by atoms with Gasteiger partial charge in [0.25, 0.3) is 11.5 Å². The van der Waals surface area contributed by atoms with Gasteiger partial charge in [-0.2, -0.15) is 5.10 Å². The molecule has 118 valence electrons. The molecule has 0 fully saturated rings. The molecule has 0 aliphatic heterocycles. The van der Waals surface area contributed by atoms with E-state index in [-0.39, 0.29) is 17.2 Å². The minimum atomic E-state index is -0.340. The number of aromatic nitrogens is 4. The molecule has 0 aliphatic carbocycles. The molecule has 0 bridgehead atoms. The predicted molar refractivity (Wildman–Crippen MR) is 86.1 cm³/mol. The summed E-state index contributed by atoms with van der Waals surface area (Å²) in [5.41, 5.74) is 2.75. The number of nitrogens with one attached hydrogen (secondary N) is 2. The first-order chi connectivity index (χ1) is 11.0. The number of hydrogen-bond donors (Lipinski definition) is 2. The Labute approximate surface area is 132 Å². The summed E-state index contributed by atoms with van der Waals surface area (Å²) in [5, 5.41) is 8.71. The second-order valence-electron chi connectivity index (χ2n) is 5.56. The highest BCUT2D eigenvalue weighted by atomic mass is 16.2. The molecule has 3 aromatic rings. The van der Waals surface area contributed by atoms with Gasteiger partial charge in [-0.25, -0.2) is 10.1 Å². The van der Waals surface area contributed by atoms with Crippen LogP contribution >= 0.6 is 0 Å². The number of nitrogens with zero attached hydrogens (tertiary/aromatic N) is 3. The van der Waals surface area contributed by atoms with Crippen LogP contribution in [0.2, 0.25) is 0 Å². The van der Waals surface area contributed by atoms with Crippen LogP contribution in [0.3, 0.4) is 0 Å². The van der Waals surface area contributed by atoms with Gasteiger partial charge in [-0.1, -0.05) is 6.07 Å². The van der Waals surface area contributed by atoms with Gasteiger partial charge in [-0.05, 0) is 37.6 Å². The lowest BCUT2D eigenvalue weighted by Gasteiger charge is -2.08. The summed E-state index contributed by atoms with van der Waals surface area (Å²) in [5.74, 6) is -0.339. The number of benzene rings is 1. The summed E-state index contributed by atoms with van der Waals surface area (Å²) in [6, 6.07) is 8.92. The summed E-state index contributed by atoms with van der Waals surface area (Å²) in [7, 11) is 0. The predicted octanol–water partition coefficient (Wildman–Crippen LogP) is 1.63. The van der Waals surface area contributed by atoms with Crippen molar-refractivity contribution in [3.8, 4) is 0 Å². The summed E-state index contributed by atoms with van der Waals surface area (Å²) < 4.78 is 2.10. The van der Waals surface area contributed by atoms with Crippen LogP contribution < -0.4 is 10.9 Å². The Balaban J connectivity index is 1.73. The summed E-state index contributed by atoms with van der Waals surface area (Å²) in [4.78, 5) is 27.3. The smallest absolute Gasteiger partial charge is 0.271 e. The highest BCUT2D eigenvalue weighted by Crippen LogP contribution is 2.18. The largest absolute Gasteiger partial charge is 0.347 e. The van der Waals surface area contributed by atoms with Crippen LogP contribution in [0, 0.1) is 0 Å². The van der Waals surface area contributed by atoms with E-state index in [2.05, 4.69) is 38.9 Å². The second kappa shape index (κ2) is 6.04. The molecule has 7 nitrogen and oxygen atoms in total. The number of amides is 1. The lowest BCUT2D eigenvalue weighted by atomic mass is 10.2. The molecule has 2 heterocycles. The van der Waals surface area contributed by atoms with Gasteiger partial charge in [0.1, 0.15) is 5.69 Å². The van der Waals surface area contributed by atoms with Crippen molar-refractivity contribution >= 4 is 16.9 Å². The normalized spacial score (nSPS) is 11.1. The molecule has 0 atom stereocenters. The maximum Gasteiger partial charge on any atom is 0.271 e. The van der Waals surface area contributed by atoms with Crippen molar-refractivity contribution < 1.29 is 4.79 Å². The quantitative estimate of drug-likeness (QED) is 0.766. The van der Waals surface area contributed by atoms with E-state index in [4.69, 9.17) is 0 Å². The van der Waals surface area contributed by atoms with Crippen molar-refractivity contribution in [2.75, 3.05) is 0 Å². The standard InChI is InChI=1S/C16H17N5O2/c1-10(2)21-9-18-13-7-11(3-5-14(13)21)8-17-16(23)12-4-6-15(22)20-19-12/h3-7,9-10H,8H2,1-2H3,(H,17,23)(H,20,22). The van der Waals surface area contributed by atoms with E-state index in [1.165, 1.54) is 12.1 Å². The van der Waals surface area contributed by atoms with Crippen LogP contribution in [-0.4, -0.2) is 25.7 Å². The molecular formula is C16H17N5O2. The first-order valence-corrected chi connectivity index (χ1v) is 7.34. The number of H-pyrrole nitrogens is 1. The lowest BCUT2D eigenvalue weighted by Crippen LogP contribution is -2.25. The molecule has 0 aliphatic rings. The third-order valence-corrected chi connectivity index (χ3v) is 3.56. The van der Waals surface area contributed by atoms with Crippen molar-refractivity contribution in [3.05, 3.63) is 58.3 Å². The first-order valence-electron chi connectivity index (χ1n) is 7.34.